The van der Waals surface area contributed by atoms with E-state index in [-0.39, 0.29) is 10.9 Å². The molecule has 0 heterocycles. The van der Waals surface area contributed by atoms with Crippen LogP contribution in [0, 0.1) is 0 Å². The summed E-state index contributed by atoms with van der Waals surface area (Å²) in [6.45, 7) is 3.63. The average Bonchev–Trinajstić information content (AvgIpc) is 2.53. The van der Waals surface area contributed by atoms with Crippen molar-refractivity contribution in [3.63, 3.8) is 0 Å². The summed E-state index contributed by atoms with van der Waals surface area (Å²) in [5.74, 6) is -0.409. The van der Waals surface area contributed by atoms with Gasteiger partial charge in [0.1, 0.15) is 6.04 Å². The quantitative estimate of drug-likeness (QED) is 0.825. The Bertz CT molecular complexity index is 790. The van der Waals surface area contributed by atoms with Crippen LogP contribution >= 0.6 is 11.6 Å². The van der Waals surface area contributed by atoms with Gasteiger partial charge in [-0.05, 0) is 43.7 Å². The van der Waals surface area contributed by atoms with E-state index in [4.69, 9.17) is 11.6 Å². The van der Waals surface area contributed by atoms with Gasteiger partial charge in [-0.15, -0.1) is 0 Å². The Morgan fingerprint density at radius 2 is 1.58 bits per heavy atom. The molecule has 0 aliphatic heterocycles. The van der Waals surface area contributed by atoms with Crippen LogP contribution in [0.2, 0.25) is 5.02 Å². The summed E-state index contributed by atoms with van der Waals surface area (Å²) in [4.78, 5) is 12.5. The van der Waals surface area contributed by atoms with Crippen LogP contribution in [0.5, 0.6) is 0 Å². The van der Waals surface area contributed by atoms with Crippen molar-refractivity contribution >= 4 is 27.5 Å². The van der Waals surface area contributed by atoms with E-state index < -0.39 is 22.0 Å². The molecular weight excluding hydrogens is 348 g/mol. The molecule has 0 aromatic heterocycles. The fourth-order valence-electron chi connectivity index (χ4n) is 2.12. The maximum atomic E-state index is 12.6. The smallest absolute Gasteiger partial charge is 0.242 e. The van der Waals surface area contributed by atoms with Crippen molar-refractivity contribution in [3.05, 3.63) is 65.2 Å². The van der Waals surface area contributed by atoms with Crippen molar-refractivity contribution in [2.24, 2.45) is 0 Å². The second-order valence-electron chi connectivity index (χ2n) is 5.58. The number of rotatable bonds is 6. The molecule has 0 saturated carbocycles. The summed E-state index contributed by atoms with van der Waals surface area (Å²) in [6.07, 6.45) is 0. The van der Waals surface area contributed by atoms with Crippen LogP contribution in [-0.4, -0.2) is 20.4 Å². The predicted molar refractivity (Wildman–Crippen MR) is 94.2 cm³/mol. The lowest BCUT2D eigenvalue weighted by Crippen LogP contribution is -2.42. The summed E-state index contributed by atoms with van der Waals surface area (Å²) < 4.78 is 27.6. The van der Waals surface area contributed by atoms with Crippen LogP contribution in [0.25, 0.3) is 0 Å². The molecule has 0 aliphatic carbocycles. The van der Waals surface area contributed by atoms with Gasteiger partial charge in [-0.3, -0.25) is 4.79 Å². The molecule has 0 unspecified atom stereocenters. The Hall–Kier alpha value is -1.89. The first-order valence-electron chi connectivity index (χ1n) is 7.43. The van der Waals surface area contributed by atoms with Crippen molar-refractivity contribution in [1.82, 2.24) is 10.0 Å². The molecule has 5 nitrogen and oxygen atoms in total. The number of halogens is 1. The first-order chi connectivity index (χ1) is 11.3. The molecular formula is C17H19ClN2O3S. The van der Waals surface area contributed by atoms with Gasteiger partial charge in [0.15, 0.2) is 0 Å². The SMILES string of the molecule is CC(C)NC(=O)[C@@H](NS(=O)(=O)c1ccc(Cl)cc1)c1ccccc1. The highest BCUT2D eigenvalue weighted by Crippen LogP contribution is 2.19. The lowest BCUT2D eigenvalue weighted by Gasteiger charge is -2.20. The molecule has 128 valence electrons. The monoisotopic (exact) mass is 366 g/mol. The Kier molecular flexibility index (Phi) is 5.99. The molecule has 2 aromatic carbocycles. The van der Waals surface area contributed by atoms with Crippen LogP contribution in [0.1, 0.15) is 25.5 Å². The van der Waals surface area contributed by atoms with Crippen molar-refractivity contribution in [3.8, 4) is 0 Å². The van der Waals surface area contributed by atoms with Gasteiger partial charge in [0.25, 0.3) is 0 Å². The zero-order valence-electron chi connectivity index (χ0n) is 13.4. The van der Waals surface area contributed by atoms with E-state index in [0.29, 0.717) is 10.6 Å². The molecule has 2 aromatic rings. The summed E-state index contributed by atoms with van der Waals surface area (Å²) in [5, 5.41) is 3.17. The minimum absolute atomic E-state index is 0.0465. The Labute approximate surface area is 147 Å². The van der Waals surface area contributed by atoms with Gasteiger partial charge in [-0.25, -0.2) is 8.42 Å². The molecule has 0 saturated heterocycles. The fourth-order valence-corrected chi connectivity index (χ4v) is 3.43. The minimum Gasteiger partial charge on any atom is -0.352 e. The minimum atomic E-state index is -3.87. The van der Waals surface area contributed by atoms with Gasteiger partial charge < -0.3 is 5.32 Å². The van der Waals surface area contributed by atoms with Crippen molar-refractivity contribution in [2.75, 3.05) is 0 Å². The number of hydrogen-bond acceptors (Lipinski definition) is 3. The van der Waals surface area contributed by atoms with Crippen molar-refractivity contribution in [2.45, 2.75) is 30.8 Å². The van der Waals surface area contributed by atoms with Crippen LogP contribution < -0.4 is 10.0 Å². The largest absolute Gasteiger partial charge is 0.352 e. The highest BCUT2D eigenvalue weighted by Gasteiger charge is 2.27. The van der Waals surface area contributed by atoms with Gasteiger partial charge >= 0.3 is 0 Å². The van der Waals surface area contributed by atoms with Crippen molar-refractivity contribution in [1.29, 1.82) is 0 Å². The standard InChI is InChI=1S/C17H19ClN2O3S/c1-12(2)19-17(21)16(13-6-4-3-5-7-13)20-24(22,23)15-10-8-14(18)9-11-15/h3-12,16,20H,1-2H3,(H,19,21)/t16-/m0/s1. The Morgan fingerprint density at radius 1 is 1.00 bits per heavy atom. The van der Waals surface area contributed by atoms with Crippen LogP contribution in [0.15, 0.2) is 59.5 Å². The molecule has 0 spiro atoms. The number of benzene rings is 2. The molecule has 0 radical (unpaired) electrons. The normalized spacial score (nSPS) is 12.8. The van der Waals surface area contributed by atoms with E-state index in [9.17, 15) is 13.2 Å². The molecule has 0 aliphatic rings. The molecule has 2 N–H and O–H groups in total. The molecule has 24 heavy (non-hydrogen) atoms. The summed E-state index contributed by atoms with van der Waals surface area (Å²) in [6, 6.07) is 13.4. The first kappa shape index (κ1) is 18.4. The molecule has 1 amide bonds. The third-order valence-electron chi connectivity index (χ3n) is 3.22. The Balaban J connectivity index is 2.34. The predicted octanol–water partition coefficient (Wildman–Crippen LogP) is 2.88. The first-order valence-corrected chi connectivity index (χ1v) is 9.29. The second kappa shape index (κ2) is 7.79. The maximum Gasteiger partial charge on any atom is 0.242 e. The third-order valence-corrected chi connectivity index (χ3v) is 4.91. The average molecular weight is 367 g/mol. The lowest BCUT2D eigenvalue weighted by atomic mass is 10.1. The number of amides is 1. The molecule has 0 bridgehead atoms. The summed E-state index contributed by atoms with van der Waals surface area (Å²) in [7, 11) is -3.87. The zero-order valence-corrected chi connectivity index (χ0v) is 14.9. The van der Waals surface area contributed by atoms with E-state index in [1.807, 2.05) is 13.8 Å². The van der Waals surface area contributed by atoms with Crippen LogP contribution in [0.3, 0.4) is 0 Å². The van der Waals surface area contributed by atoms with Gasteiger partial charge in [0.2, 0.25) is 15.9 Å². The van der Waals surface area contributed by atoms with Gasteiger partial charge in [-0.1, -0.05) is 41.9 Å². The number of sulfonamides is 1. The number of carbonyl (C=O) groups excluding carboxylic acids is 1. The van der Waals surface area contributed by atoms with Crippen LogP contribution in [-0.2, 0) is 14.8 Å². The lowest BCUT2D eigenvalue weighted by molar-refractivity contribution is -0.123. The van der Waals surface area contributed by atoms with Gasteiger partial charge in [0.05, 0.1) is 4.90 Å². The third kappa shape index (κ3) is 4.80. The Morgan fingerprint density at radius 3 is 2.12 bits per heavy atom. The summed E-state index contributed by atoms with van der Waals surface area (Å²) in [5.41, 5.74) is 0.563. The number of carbonyl (C=O) groups is 1. The van der Waals surface area contributed by atoms with E-state index in [2.05, 4.69) is 10.0 Å². The molecule has 7 heteroatoms. The van der Waals surface area contributed by atoms with Crippen molar-refractivity contribution < 1.29 is 13.2 Å². The highest BCUT2D eigenvalue weighted by molar-refractivity contribution is 7.89. The van der Waals surface area contributed by atoms with E-state index in [1.165, 1.54) is 24.3 Å². The fraction of sp³-hybridized carbons (Fsp3) is 0.235. The molecule has 1 atom stereocenters. The number of nitrogens with one attached hydrogen (secondary N) is 2. The van der Waals surface area contributed by atoms with E-state index in [0.717, 1.165) is 0 Å². The maximum absolute atomic E-state index is 12.6. The van der Waals surface area contributed by atoms with Gasteiger partial charge in [0, 0.05) is 11.1 Å². The zero-order chi connectivity index (χ0) is 17.7. The van der Waals surface area contributed by atoms with Crippen LogP contribution in [0.4, 0.5) is 0 Å². The molecule has 2 rings (SSSR count). The topological polar surface area (TPSA) is 75.3 Å². The highest BCUT2D eigenvalue weighted by atomic mass is 35.5. The van der Waals surface area contributed by atoms with E-state index >= 15 is 0 Å². The summed E-state index contributed by atoms with van der Waals surface area (Å²) >= 11 is 5.79. The second-order valence-corrected chi connectivity index (χ2v) is 7.73. The van der Waals surface area contributed by atoms with E-state index in [1.54, 1.807) is 30.3 Å². The van der Waals surface area contributed by atoms with Gasteiger partial charge in [-0.2, -0.15) is 4.72 Å². The number of hydrogen-bond donors (Lipinski definition) is 2. The molecule has 0 fully saturated rings.